The molecule has 1 N–H and O–H groups in total. The molecule has 7 nitrogen and oxygen atoms in total. The third-order valence-electron chi connectivity index (χ3n) is 3.87. The Morgan fingerprint density at radius 2 is 1.92 bits per heavy atom. The average Bonchev–Trinajstić information content (AvgIpc) is 3.23. The smallest absolute Gasteiger partial charge is 0.264 e. The zero-order valence-electron chi connectivity index (χ0n) is 13.9. The van der Waals surface area contributed by atoms with Crippen LogP contribution >= 0.6 is 0 Å². The number of β-amino-alcohol motifs (C(OH)–C–C–N with tert-alkyl or cyclic N) is 1. The van der Waals surface area contributed by atoms with Crippen LogP contribution in [0.4, 0.5) is 0 Å². The molecule has 0 spiro atoms. The molecule has 0 bridgehead atoms. The average molecular weight is 333 g/mol. The number of aliphatic hydroxyl groups is 1. The first-order valence-electron chi connectivity index (χ1n) is 8.25. The van der Waals surface area contributed by atoms with Crippen LogP contribution in [0.2, 0.25) is 0 Å². The zero-order valence-corrected chi connectivity index (χ0v) is 13.9. The molecular weight excluding hydrogens is 310 g/mol. The summed E-state index contributed by atoms with van der Waals surface area (Å²) in [5, 5.41) is 13.9. The van der Waals surface area contributed by atoms with E-state index in [1.807, 2.05) is 24.3 Å². The molecule has 130 valence electrons. The lowest BCUT2D eigenvalue weighted by molar-refractivity contribution is 0.0740. The third kappa shape index (κ3) is 4.69. The van der Waals surface area contributed by atoms with Crippen LogP contribution in [0.5, 0.6) is 11.5 Å². The molecule has 1 aliphatic heterocycles. The summed E-state index contributed by atoms with van der Waals surface area (Å²) in [5.74, 6) is 2.16. The molecule has 0 unspecified atom stereocenters. The summed E-state index contributed by atoms with van der Waals surface area (Å²) in [4.78, 5) is 6.36. The SMILES string of the molecule is Cc1noc(COc2ccccc2OC[C@@H](O)CN2CCCC2)n1. The van der Waals surface area contributed by atoms with E-state index >= 15 is 0 Å². The molecule has 2 aromatic rings. The fourth-order valence-corrected chi connectivity index (χ4v) is 2.73. The highest BCUT2D eigenvalue weighted by Gasteiger charge is 2.17. The number of aromatic nitrogens is 2. The van der Waals surface area contributed by atoms with E-state index < -0.39 is 6.10 Å². The standard InChI is InChI=1S/C17H23N3O4/c1-13-18-17(24-19-13)12-23-16-7-3-2-6-15(16)22-11-14(21)10-20-8-4-5-9-20/h2-3,6-7,14,21H,4-5,8-12H2,1H3/t14-/m0/s1. The van der Waals surface area contributed by atoms with Gasteiger partial charge in [-0.3, -0.25) is 0 Å². The molecule has 1 aromatic heterocycles. The van der Waals surface area contributed by atoms with E-state index in [1.54, 1.807) is 6.92 Å². The van der Waals surface area contributed by atoms with E-state index in [1.165, 1.54) is 12.8 Å². The predicted molar refractivity (Wildman–Crippen MR) is 87.0 cm³/mol. The number of benzene rings is 1. The summed E-state index contributed by atoms with van der Waals surface area (Å²) in [6, 6.07) is 7.36. The maximum Gasteiger partial charge on any atom is 0.264 e. The van der Waals surface area contributed by atoms with Crippen LogP contribution in [-0.4, -0.2) is 52.5 Å². The van der Waals surface area contributed by atoms with Gasteiger partial charge in [0.15, 0.2) is 23.9 Å². The van der Waals surface area contributed by atoms with Gasteiger partial charge in [0.1, 0.15) is 12.7 Å². The second-order valence-electron chi connectivity index (χ2n) is 5.94. The predicted octanol–water partition coefficient (Wildman–Crippen LogP) is 1.79. The van der Waals surface area contributed by atoms with Crippen molar-refractivity contribution in [3.05, 3.63) is 36.0 Å². The lowest BCUT2D eigenvalue weighted by Gasteiger charge is -2.20. The van der Waals surface area contributed by atoms with E-state index in [9.17, 15) is 5.11 Å². The Morgan fingerprint density at radius 1 is 1.21 bits per heavy atom. The van der Waals surface area contributed by atoms with Gasteiger partial charge in [-0.25, -0.2) is 0 Å². The fraction of sp³-hybridized carbons (Fsp3) is 0.529. The molecule has 1 fully saturated rings. The fourth-order valence-electron chi connectivity index (χ4n) is 2.73. The quantitative estimate of drug-likeness (QED) is 0.789. The van der Waals surface area contributed by atoms with Crippen molar-refractivity contribution >= 4 is 0 Å². The third-order valence-corrected chi connectivity index (χ3v) is 3.87. The number of ether oxygens (including phenoxy) is 2. The minimum absolute atomic E-state index is 0.178. The van der Waals surface area contributed by atoms with Gasteiger partial charge in [0.2, 0.25) is 0 Å². The number of aliphatic hydroxyl groups excluding tert-OH is 1. The first kappa shape index (κ1) is 16.7. The zero-order chi connectivity index (χ0) is 16.8. The van der Waals surface area contributed by atoms with Gasteiger partial charge in [0.05, 0.1) is 0 Å². The van der Waals surface area contributed by atoms with Crippen molar-refractivity contribution in [2.75, 3.05) is 26.2 Å². The molecule has 0 saturated carbocycles. The number of aryl methyl sites for hydroxylation is 1. The van der Waals surface area contributed by atoms with Gasteiger partial charge < -0.3 is 24.0 Å². The van der Waals surface area contributed by atoms with Crippen LogP contribution in [0, 0.1) is 6.92 Å². The van der Waals surface area contributed by atoms with Gasteiger partial charge in [-0.2, -0.15) is 4.98 Å². The van der Waals surface area contributed by atoms with E-state index in [0.29, 0.717) is 29.8 Å². The molecule has 3 rings (SSSR count). The Hall–Kier alpha value is -2.12. The lowest BCUT2D eigenvalue weighted by atomic mass is 10.3. The van der Waals surface area contributed by atoms with Crippen molar-refractivity contribution in [1.29, 1.82) is 0 Å². The van der Waals surface area contributed by atoms with Crippen molar-refractivity contribution in [3.63, 3.8) is 0 Å². The van der Waals surface area contributed by atoms with E-state index in [-0.39, 0.29) is 13.2 Å². The molecule has 7 heteroatoms. The molecule has 24 heavy (non-hydrogen) atoms. The van der Waals surface area contributed by atoms with Gasteiger partial charge >= 0.3 is 0 Å². The number of hydrogen-bond acceptors (Lipinski definition) is 7. The number of nitrogens with zero attached hydrogens (tertiary/aromatic N) is 3. The van der Waals surface area contributed by atoms with Crippen LogP contribution in [0.25, 0.3) is 0 Å². The molecular formula is C17H23N3O4. The van der Waals surface area contributed by atoms with Crippen molar-refractivity contribution in [3.8, 4) is 11.5 Å². The van der Waals surface area contributed by atoms with Crippen LogP contribution in [0.3, 0.4) is 0 Å². The summed E-state index contributed by atoms with van der Waals surface area (Å²) in [7, 11) is 0. The van der Waals surface area contributed by atoms with Crippen LogP contribution in [0.1, 0.15) is 24.6 Å². The minimum Gasteiger partial charge on any atom is -0.487 e. The van der Waals surface area contributed by atoms with Crippen molar-refractivity contribution in [2.45, 2.75) is 32.5 Å². The van der Waals surface area contributed by atoms with E-state index in [0.717, 1.165) is 13.1 Å². The summed E-state index contributed by atoms with van der Waals surface area (Å²) in [5.41, 5.74) is 0. The largest absolute Gasteiger partial charge is 0.487 e. The topological polar surface area (TPSA) is 80.9 Å². The molecule has 1 aliphatic rings. The lowest BCUT2D eigenvalue weighted by Crippen LogP contribution is -2.33. The van der Waals surface area contributed by atoms with Crippen LogP contribution < -0.4 is 9.47 Å². The highest BCUT2D eigenvalue weighted by Crippen LogP contribution is 2.27. The summed E-state index contributed by atoms with van der Waals surface area (Å²) < 4.78 is 16.4. The number of para-hydroxylation sites is 2. The van der Waals surface area contributed by atoms with Crippen molar-refractivity contribution < 1.29 is 19.1 Å². The van der Waals surface area contributed by atoms with Crippen LogP contribution in [0.15, 0.2) is 28.8 Å². The molecule has 0 aliphatic carbocycles. The molecule has 1 atom stereocenters. The highest BCUT2D eigenvalue weighted by molar-refractivity contribution is 5.39. The highest BCUT2D eigenvalue weighted by atomic mass is 16.5. The first-order chi connectivity index (χ1) is 11.7. The Bertz CT molecular complexity index is 640. The monoisotopic (exact) mass is 333 g/mol. The van der Waals surface area contributed by atoms with Crippen molar-refractivity contribution in [1.82, 2.24) is 15.0 Å². The van der Waals surface area contributed by atoms with Gasteiger partial charge in [-0.1, -0.05) is 17.3 Å². The molecule has 1 saturated heterocycles. The van der Waals surface area contributed by atoms with Gasteiger partial charge in [-0.05, 0) is 45.0 Å². The van der Waals surface area contributed by atoms with Gasteiger partial charge in [-0.15, -0.1) is 0 Å². The second-order valence-corrected chi connectivity index (χ2v) is 5.94. The minimum atomic E-state index is -0.519. The summed E-state index contributed by atoms with van der Waals surface area (Å²) in [6.45, 7) is 4.92. The van der Waals surface area contributed by atoms with E-state index in [4.69, 9.17) is 14.0 Å². The number of hydrogen-bond donors (Lipinski definition) is 1. The van der Waals surface area contributed by atoms with E-state index in [2.05, 4.69) is 15.0 Å². The summed E-state index contributed by atoms with van der Waals surface area (Å²) in [6.07, 6.45) is 1.90. The van der Waals surface area contributed by atoms with Crippen LogP contribution in [-0.2, 0) is 6.61 Å². The van der Waals surface area contributed by atoms with Gasteiger partial charge in [0, 0.05) is 6.54 Å². The van der Waals surface area contributed by atoms with Crippen molar-refractivity contribution in [2.24, 2.45) is 0 Å². The molecule has 2 heterocycles. The maximum absolute atomic E-state index is 10.1. The summed E-state index contributed by atoms with van der Waals surface area (Å²) >= 11 is 0. The molecule has 0 amide bonds. The number of rotatable bonds is 8. The Morgan fingerprint density at radius 3 is 2.58 bits per heavy atom. The maximum atomic E-state index is 10.1. The Kier molecular flexibility index (Phi) is 5.66. The molecule has 1 aromatic carbocycles. The Labute approximate surface area is 141 Å². The Balaban J connectivity index is 1.51. The second kappa shape index (κ2) is 8.12. The number of likely N-dealkylation sites (tertiary alicyclic amines) is 1. The first-order valence-corrected chi connectivity index (χ1v) is 8.25. The molecule has 0 radical (unpaired) electrons. The van der Waals surface area contributed by atoms with Gasteiger partial charge in [0.25, 0.3) is 5.89 Å². The normalized spacial score (nSPS) is 16.2.